The van der Waals surface area contributed by atoms with Crippen molar-refractivity contribution in [2.45, 2.75) is 12.5 Å². The maximum atomic E-state index is 13.2. The Bertz CT molecular complexity index is 1230. The molecular weight excluding hydrogens is 380 g/mol. The number of hydrogen-bond donors (Lipinski definition) is 2. The van der Waals surface area contributed by atoms with E-state index in [2.05, 4.69) is 10.6 Å². The molecule has 0 aliphatic carbocycles. The fourth-order valence-corrected chi connectivity index (χ4v) is 3.70. The summed E-state index contributed by atoms with van der Waals surface area (Å²) >= 11 is 0. The van der Waals surface area contributed by atoms with Crippen molar-refractivity contribution in [1.82, 2.24) is 10.2 Å². The predicted octanol–water partition coefficient (Wildman–Crippen LogP) is 3.12. The van der Waals surface area contributed by atoms with Crippen LogP contribution in [0.15, 0.2) is 66.7 Å². The van der Waals surface area contributed by atoms with Crippen molar-refractivity contribution in [3.8, 4) is 6.07 Å². The van der Waals surface area contributed by atoms with Gasteiger partial charge in [0.1, 0.15) is 12.1 Å². The minimum Gasteiger partial charge on any atom is -0.324 e. The second kappa shape index (κ2) is 7.33. The molecule has 0 spiro atoms. The highest BCUT2D eigenvalue weighted by molar-refractivity contribution is 6.11. The minimum atomic E-state index is -1.28. The van der Waals surface area contributed by atoms with E-state index in [9.17, 15) is 14.4 Å². The first-order chi connectivity index (χ1) is 14.4. The molecule has 1 aliphatic heterocycles. The summed E-state index contributed by atoms with van der Waals surface area (Å²) in [6.45, 7) is 1.21. The summed E-state index contributed by atoms with van der Waals surface area (Å²) in [5.41, 5.74) is 0.205. The number of imide groups is 1. The molecule has 1 aliphatic rings. The second-order valence-electron chi connectivity index (χ2n) is 7.21. The summed E-state index contributed by atoms with van der Waals surface area (Å²) in [4.78, 5) is 39.1. The van der Waals surface area contributed by atoms with E-state index in [0.717, 1.165) is 15.7 Å². The van der Waals surface area contributed by atoms with Crippen LogP contribution < -0.4 is 10.6 Å². The van der Waals surface area contributed by atoms with Crippen LogP contribution in [0.4, 0.5) is 10.5 Å². The molecule has 7 heteroatoms. The van der Waals surface area contributed by atoms with Crippen molar-refractivity contribution >= 4 is 34.3 Å². The molecule has 0 saturated carbocycles. The van der Waals surface area contributed by atoms with Gasteiger partial charge < -0.3 is 10.6 Å². The van der Waals surface area contributed by atoms with Crippen LogP contribution in [0.25, 0.3) is 10.8 Å². The number of urea groups is 1. The monoisotopic (exact) mass is 398 g/mol. The summed E-state index contributed by atoms with van der Waals surface area (Å²) in [7, 11) is 0. The van der Waals surface area contributed by atoms with Crippen molar-refractivity contribution in [1.29, 1.82) is 5.26 Å². The van der Waals surface area contributed by atoms with Gasteiger partial charge in [-0.05, 0) is 41.5 Å². The lowest BCUT2D eigenvalue weighted by atomic mass is 9.88. The number of nitrogens with zero attached hydrogens (tertiary/aromatic N) is 2. The summed E-state index contributed by atoms with van der Waals surface area (Å²) in [6.07, 6.45) is 0. The third kappa shape index (κ3) is 3.25. The second-order valence-corrected chi connectivity index (χ2v) is 7.21. The Morgan fingerprint density at radius 3 is 2.63 bits per heavy atom. The summed E-state index contributed by atoms with van der Waals surface area (Å²) in [5, 5.41) is 16.1. The normalized spacial score (nSPS) is 18.2. The number of fused-ring (bicyclic) bond motifs is 1. The highest BCUT2D eigenvalue weighted by Crippen LogP contribution is 2.33. The van der Waals surface area contributed by atoms with E-state index < -0.39 is 29.9 Å². The number of nitriles is 1. The van der Waals surface area contributed by atoms with Gasteiger partial charge in [-0.2, -0.15) is 5.26 Å². The van der Waals surface area contributed by atoms with Crippen LogP contribution in [-0.2, 0) is 15.1 Å². The van der Waals surface area contributed by atoms with Crippen LogP contribution in [0, 0.1) is 11.3 Å². The molecule has 3 aromatic carbocycles. The lowest BCUT2D eigenvalue weighted by Crippen LogP contribution is -2.42. The lowest BCUT2D eigenvalue weighted by molar-refractivity contribution is -0.133. The van der Waals surface area contributed by atoms with Gasteiger partial charge in [-0.3, -0.25) is 14.5 Å². The highest BCUT2D eigenvalue weighted by atomic mass is 16.2. The first kappa shape index (κ1) is 19.2. The standard InChI is InChI=1S/C23H18N4O3/c1-23(19-11-5-8-16-7-2-3-10-18(16)19)21(29)27(22(30)26-23)14-20(28)25-17-9-4-6-15(12-17)13-24/h2-12H,14H2,1H3,(H,25,28)(H,26,30)/t23-/m1/s1. The average Bonchev–Trinajstić information content (AvgIpc) is 2.97. The van der Waals surface area contributed by atoms with Gasteiger partial charge in [-0.1, -0.05) is 48.5 Å². The van der Waals surface area contributed by atoms with Crippen LogP contribution in [0.5, 0.6) is 0 Å². The summed E-state index contributed by atoms with van der Waals surface area (Å²) in [6, 6.07) is 20.9. The zero-order valence-corrected chi connectivity index (χ0v) is 16.2. The molecule has 30 heavy (non-hydrogen) atoms. The first-order valence-electron chi connectivity index (χ1n) is 9.35. The first-order valence-corrected chi connectivity index (χ1v) is 9.35. The van der Waals surface area contributed by atoms with Crippen LogP contribution in [0.2, 0.25) is 0 Å². The molecule has 1 heterocycles. The molecule has 7 nitrogen and oxygen atoms in total. The molecule has 0 aromatic heterocycles. The molecule has 1 saturated heterocycles. The molecule has 1 fully saturated rings. The van der Waals surface area contributed by atoms with E-state index >= 15 is 0 Å². The zero-order valence-electron chi connectivity index (χ0n) is 16.2. The van der Waals surface area contributed by atoms with E-state index in [1.54, 1.807) is 31.2 Å². The number of nitrogens with one attached hydrogen (secondary N) is 2. The quantitative estimate of drug-likeness (QED) is 0.659. The maximum Gasteiger partial charge on any atom is 0.325 e. The molecular formula is C23H18N4O3. The minimum absolute atomic E-state index is 0.395. The van der Waals surface area contributed by atoms with Crippen molar-refractivity contribution < 1.29 is 14.4 Å². The van der Waals surface area contributed by atoms with Crippen molar-refractivity contribution in [3.05, 3.63) is 77.9 Å². The van der Waals surface area contributed by atoms with Gasteiger partial charge in [0.15, 0.2) is 0 Å². The Hall–Kier alpha value is -4.18. The van der Waals surface area contributed by atoms with Crippen LogP contribution >= 0.6 is 0 Å². The van der Waals surface area contributed by atoms with Crippen molar-refractivity contribution in [3.63, 3.8) is 0 Å². The van der Waals surface area contributed by atoms with E-state index in [0.29, 0.717) is 16.8 Å². The fraction of sp³-hybridized carbons (Fsp3) is 0.130. The van der Waals surface area contributed by atoms with Crippen LogP contribution in [-0.4, -0.2) is 29.3 Å². The molecule has 2 N–H and O–H groups in total. The smallest absolute Gasteiger partial charge is 0.324 e. The van der Waals surface area contributed by atoms with Gasteiger partial charge in [0, 0.05) is 5.69 Å². The number of carbonyl (C=O) groups is 3. The number of hydrogen-bond acceptors (Lipinski definition) is 4. The Balaban J connectivity index is 1.58. The number of anilines is 1. The van der Waals surface area contributed by atoms with Crippen molar-refractivity contribution in [2.24, 2.45) is 0 Å². The fourth-order valence-electron chi connectivity index (χ4n) is 3.70. The van der Waals surface area contributed by atoms with E-state index in [4.69, 9.17) is 5.26 Å². The molecule has 4 rings (SSSR count). The Morgan fingerprint density at radius 1 is 1.10 bits per heavy atom. The van der Waals surface area contributed by atoms with E-state index in [1.165, 1.54) is 6.07 Å². The van der Waals surface area contributed by atoms with Gasteiger partial charge in [-0.25, -0.2) is 4.79 Å². The predicted molar refractivity (Wildman–Crippen MR) is 111 cm³/mol. The Morgan fingerprint density at radius 2 is 1.83 bits per heavy atom. The summed E-state index contributed by atoms with van der Waals surface area (Å²) < 4.78 is 0. The molecule has 0 unspecified atom stereocenters. The van der Waals surface area contributed by atoms with Crippen molar-refractivity contribution in [2.75, 3.05) is 11.9 Å². The Labute approximate surface area is 172 Å². The van der Waals surface area contributed by atoms with Gasteiger partial charge in [-0.15, -0.1) is 0 Å². The lowest BCUT2D eigenvalue weighted by Gasteiger charge is -2.24. The number of carbonyl (C=O) groups excluding carboxylic acids is 3. The number of rotatable bonds is 4. The maximum absolute atomic E-state index is 13.2. The number of amides is 4. The molecule has 3 aromatic rings. The summed E-state index contributed by atoms with van der Waals surface area (Å²) in [5.74, 6) is -1.03. The Kier molecular flexibility index (Phi) is 4.68. The van der Waals surface area contributed by atoms with Gasteiger partial charge in [0.25, 0.3) is 5.91 Å². The number of benzene rings is 3. The van der Waals surface area contributed by atoms with E-state index in [-0.39, 0.29) is 0 Å². The molecule has 0 bridgehead atoms. The van der Waals surface area contributed by atoms with Crippen LogP contribution in [0.3, 0.4) is 0 Å². The molecule has 0 radical (unpaired) electrons. The molecule has 4 amide bonds. The molecule has 148 valence electrons. The third-order valence-electron chi connectivity index (χ3n) is 5.18. The third-order valence-corrected chi connectivity index (χ3v) is 5.18. The van der Waals surface area contributed by atoms with E-state index in [1.807, 2.05) is 42.5 Å². The van der Waals surface area contributed by atoms with Gasteiger partial charge in [0.2, 0.25) is 5.91 Å². The largest absolute Gasteiger partial charge is 0.325 e. The van der Waals surface area contributed by atoms with Crippen LogP contribution in [0.1, 0.15) is 18.1 Å². The highest BCUT2D eigenvalue weighted by Gasteiger charge is 2.50. The van der Waals surface area contributed by atoms with Gasteiger partial charge >= 0.3 is 6.03 Å². The van der Waals surface area contributed by atoms with Gasteiger partial charge in [0.05, 0.1) is 11.6 Å². The average molecular weight is 398 g/mol. The molecule has 1 atom stereocenters. The zero-order chi connectivity index (χ0) is 21.3. The topological polar surface area (TPSA) is 102 Å². The SMILES string of the molecule is C[C@]1(c2cccc3ccccc23)NC(=O)N(CC(=O)Nc2cccc(C#N)c2)C1=O.